The van der Waals surface area contributed by atoms with Gasteiger partial charge in [0.2, 0.25) is 0 Å². The lowest BCUT2D eigenvalue weighted by Crippen LogP contribution is -2.66. The first-order valence-electron chi connectivity index (χ1n) is 17.0. The van der Waals surface area contributed by atoms with Crippen LogP contribution in [0.4, 0.5) is 0 Å². The Kier molecular flexibility index (Phi) is 7.95. The molecule has 1 aliphatic heterocycles. The van der Waals surface area contributed by atoms with Gasteiger partial charge in [0.1, 0.15) is 18.3 Å². The molecule has 0 spiro atoms. The molecule has 6 rings (SSSR count). The quantitative estimate of drug-likeness (QED) is 0.193. The van der Waals surface area contributed by atoms with Gasteiger partial charge in [-0.3, -0.25) is 9.59 Å². The van der Waals surface area contributed by atoms with Gasteiger partial charge in [0.05, 0.1) is 30.1 Å². The Morgan fingerprint density at radius 3 is 2.22 bits per heavy atom. The molecule has 6 aliphatic rings. The van der Waals surface area contributed by atoms with Crippen LogP contribution in [0.1, 0.15) is 98.8 Å². The average molecular weight is 635 g/mol. The first kappa shape index (κ1) is 33.3. The van der Waals surface area contributed by atoms with Crippen molar-refractivity contribution in [3.63, 3.8) is 0 Å². The summed E-state index contributed by atoms with van der Waals surface area (Å²) in [5.74, 6) is -1.58. The van der Waals surface area contributed by atoms with Gasteiger partial charge in [-0.1, -0.05) is 39.3 Å². The van der Waals surface area contributed by atoms with Gasteiger partial charge in [-0.15, -0.1) is 0 Å². The fourth-order valence-electron chi connectivity index (χ4n) is 11.9. The fourth-order valence-corrected chi connectivity index (χ4v) is 11.9. The van der Waals surface area contributed by atoms with E-state index in [0.29, 0.717) is 32.1 Å². The molecule has 0 aromatic rings. The van der Waals surface area contributed by atoms with Gasteiger partial charge in [0.15, 0.2) is 6.29 Å². The summed E-state index contributed by atoms with van der Waals surface area (Å²) >= 11 is 0. The van der Waals surface area contributed by atoms with E-state index in [9.17, 15) is 40.2 Å². The van der Waals surface area contributed by atoms with Gasteiger partial charge >= 0.3 is 11.9 Å². The number of hydrogen-bond donors (Lipinski definition) is 6. The van der Waals surface area contributed by atoms with E-state index in [2.05, 4.69) is 33.8 Å². The van der Waals surface area contributed by atoms with Crippen molar-refractivity contribution >= 4 is 11.9 Å². The van der Waals surface area contributed by atoms with E-state index >= 15 is 0 Å². The van der Waals surface area contributed by atoms with Gasteiger partial charge in [0, 0.05) is 5.41 Å². The van der Waals surface area contributed by atoms with Crippen molar-refractivity contribution in [1.82, 2.24) is 0 Å². The van der Waals surface area contributed by atoms with Crippen molar-refractivity contribution in [2.24, 2.45) is 50.2 Å². The summed E-state index contributed by atoms with van der Waals surface area (Å²) in [5, 5.41) is 62.5. The van der Waals surface area contributed by atoms with Crippen LogP contribution < -0.4 is 0 Å². The van der Waals surface area contributed by atoms with Crippen molar-refractivity contribution in [3.8, 4) is 0 Å². The van der Waals surface area contributed by atoms with Crippen molar-refractivity contribution in [2.45, 2.75) is 130 Å². The van der Waals surface area contributed by atoms with Gasteiger partial charge < -0.3 is 40.1 Å². The molecule has 1 saturated heterocycles. The zero-order valence-corrected chi connectivity index (χ0v) is 27.5. The molecule has 254 valence electrons. The topological polar surface area (TPSA) is 174 Å². The third-order valence-electron chi connectivity index (χ3n) is 15.2. The fraction of sp³-hybridized carbons (Fsp3) is 0.886. The minimum atomic E-state index is -1.39. The van der Waals surface area contributed by atoms with Gasteiger partial charge in [-0.05, 0) is 105 Å². The highest BCUT2D eigenvalue weighted by Gasteiger charge is 2.70. The predicted molar refractivity (Wildman–Crippen MR) is 163 cm³/mol. The Labute approximate surface area is 266 Å². The van der Waals surface area contributed by atoms with Crippen molar-refractivity contribution < 1.29 is 49.7 Å². The van der Waals surface area contributed by atoms with Crippen LogP contribution >= 0.6 is 0 Å². The first-order chi connectivity index (χ1) is 20.9. The maximum absolute atomic E-state index is 12.9. The number of hydrogen-bond acceptors (Lipinski definition) is 8. The largest absolute Gasteiger partial charge is 0.481 e. The van der Waals surface area contributed by atoms with Crippen LogP contribution in [0.15, 0.2) is 11.6 Å². The number of carboxylic acids is 2. The minimum Gasteiger partial charge on any atom is -0.481 e. The molecular weight excluding hydrogens is 580 g/mol. The van der Waals surface area contributed by atoms with E-state index < -0.39 is 58.9 Å². The molecule has 10 nitrogen and oxygen atoms in total. The van der Waals surface area contributed by atoms with E-state index in [4.69, 9.17) is 9.47 Å². The van der Waals surface area contributed by atoms with Gasteiger partial charge in [-0.25, -0.2) is 0 Å². The smallest absolute Gasteiger partial charge is 0.310 e. The van der Waals surface area contributed by atoms with E-state index in [1.54, 1.807) is 6.92 Å². The normalized spacial score (nSPS) is 54.5. The van der Waals surface area contributed by atoms with Crippen LogP contribution in [-0.4, -0.2) is 86.5 Å². The van der Waals surface area contributed by atoms with Crippen molar-refractivity contribution in [1.29, 1.82) is 0 Å². The first-order valence-corrected chi connectivity index (χ1v) is 17.0. The lowest BCUT2D eigenvalue weighted by molar-refractivity contribution is -0.312. The third kappa shape index (κ3) is 4.41. The number of aliphatic carboxylic acids is 2. The Morgan fingerprint density at radius 2 is 1.58 bits per heavy atom. The summed E-state index contributed by atoms with van der Waals surface area (Å²) in [6.07, 6.45) is 3.24. The molecule has 1 unspecified atom stereocenters. The van der Waals surface area contributed by atoms with Crippen molar-refractivity contribution in [2.75, 3.05) is 13.2 Å². The average Bonchev–Trinajstić information content (AvgIpc) is 2.98. The number of rotatable bonds is 5. The number of carboxylic acid groups (broad SMARTS) is 2. The summed E-state index contributed by atoms with van der Waals surface area (Å²) < 4.78 is 11.9. The molecule has 14 atom stereocenters. The number of fused-ring (bicyclic) bond motifs is 7. The molecule has 4 saturated carbocycles. The van der Waals surface area contributed by atoms with Gasteiger partial charge in [-0.2, -0.15) is 0 Å². The lowest BCUT2D eigenvalue weighted by Gasteiger charge is -2.71. The standard InChI is InChI=1S/C35H54O10/c1-30(28(40)41)12-14-35(29(42)43)15-13-33(4)19(20(35)16-30)6-7-23-31(2)10-9-24(45-27-26(39)25(38)21(37)17-44-27)32(3,18-36)22(31)8-11-34(23,33)5/h6,20-27,36-39H,7-18H2,1-5H3,(H,40,41)(H,42,43)/t20-,21+,22+,23+,24?,25-,26+,27-,30-,31-,32-,33+,34+,35-/m0/s1. The summed E-state index contributed by atoms with van der Waals surface area (Å²) in [6.45, 7) is 10.6. The predicted octanol–water partition coefficient (Wildman–Crippen LogP) is 3.73. The SMILES string of the molecule is C[C@]1(C(=O)O)CC[C@]2(C(=O)O)CC[C@]3(C)C(=CC[C@@H]4[C@@]5(C)CCC(O[C@@H]6OC[C@@H](O)[C@H](O)[C@H]6O)[C@@](C)(CO)[C@@H]5CC[C@]43C)[C@@H]2C1. The Morgan fingerprint density at radius 1 is 0.889 bits per heavy atom. The summed E-state index contributed by atoms with van der Waals surface area (Å²) in [6, 6.07) is 0. The number of allylic oxidation sites excluding steroid dienone is 2. The lowest BCUT2D eigenvalue weighted by atomic mass is 9.33. The summed E-state index contributed by atoms with van der Waals surface area (Å²) in [4.78, 5) is 25.3. The molecule has 5 aliphatic carbocycles. The van der Waals surface area contributed by atoms with Crippen LogP contribution in [0.25, 0.3) is 0 Å². The molecule has 0 aromatic heterocycles. The second-order valence-electron chi connectivity index (χ2n) is 17.0. The molecule has 10 heteroatoms. The number of ether oxygens (including phenoxy) is 2. The Hall–Kier alpha value is -1.56. The zero-order chi connectivity index (χ0) is 33.0. The van der Waals surface area contributed by atoms with E-state index in [-0.39, 0.29) is 47.2 Å². The molecule has 1 heterocycles. The summed E-state index contributed by atoms with van der Waals surface area (Å²) in [7, 11) is 0. The van der Waals surface area contributed by atoms with Crippen LogP contribution in [0.5, 0.6) is 0 Å². The van der Waals surface area contributed by atoms with Crippen LogP contribution in [0, 0.1) is 50.2 Å². The molecular formula is C35H54O10. The molecule has 5 fully saturated rings. The third-order valence-corrected chi connectivity index (χ3v) is 15.2. The molecule has 0 bridgehead atoms. The molecule has 0 aromatic carbocycles. The monoisotopic (exact) mass is 634 g/mol. The number of aliphatic hydroxyl groups excluding tert-OH is 4. The van der Waals surface area contributed by atoms with Gasteiger partial charge in [0.25, 0.3) is 0 Å². The number of aliphatic hydroxyl groups is 4. The van der Waals surface area contributed by atoms with Crippen LogP contribution in [0.2, 0.25) is 0 Å². The maximum atomic E-state index is 12.9. The zero-order valence-electron chi connectivity index (χ0n) is 27.5. The second kappa shape index (κ2) is 10.7. The van der Waals surface area contributed by atoms with E-state index in [1.807, 2.05) is 0 Å². The molecule has 45 heavy (non-hydrogen) atoms. The minimum absolute atomic E-state index is 0.105. The Balaban J connectivity index is 1.33. The van der Waals surface area contributed by atoms with Crippen LogP contribution in [-0.2, 0) is 19.1 Å². The molecule has 6 N–H and O–H groups in total. The van der Waals surface area contributed by atoms with Crippen molar-refractivity contribution in [3.05, 3.63) is 11.6 Å². The van der Waals surface area contributed by atoms with E-state index in [0.717, 1.165) is 37.7 Å². The summed E-state index contributed by atoms with van der Waals surface area (Å²) in [5.41, 5.74) is -1.92. The second-order valence-corrected chi connectivity index (χ2v) is 17.0. The Bertz CT molecular complexity index is 1250. The number of carbonyl (C=O) groups is 2. The highest BCUT2D eigenvalue weighted by molar-refractivity contribution is 5.79. The molecule has 0 radical (unpaired) electrons. The highest BCUT2D eigenvalue weighted by Crippen LogP contribution is 2.76. The maximum Gasteiger partial charge on any atom is 0.310 e. The van der Waals surface area contributed by atoms with E-state index in [1.165, 1.54) is 0 Å². The molecule has 0 amide bonds. The van der Waals surface area contributed by atoms with Crippen LogP contribution in [0.3, 0.4) is 0 Å². The highest BCUT2D eigenvalue weighted by atomic mass is 16.7.